The Morgan fingerprint density at radius 1 is 0.889 bits per heavy atom. The Kier molecular flexibility index (Phi) is 2.63. The van der Waals surface area contributed by atoms with Crippen LogP contribution in [-0.2, 0) is 0 Å². The maximum absolute atomic E-state index is 13.2. The zero-order valence-electron chi connectivity index (χ0n) is 9.61. The lowest BCUT2D eigenvalue weighted by Gasteiger charge is -2.11. The van der Waals surface area contributed by atoms with Gasteiger partial charge >= 0.3 is 0 Å². The van der Waals surface area contributed by atoms with Crippen molar-refractivity contribution in [1.29, 1.82) is 0 Å². The average molecular weight is 246 g/mol. The minimum absolute atomic E-state index is 0.0104. The zero-order valence-corrected chi connectivity index (χ0v) is 9.61. The second-order valence-electron chi connectivity index (χ2n) is 4.63. The first-order valence-electron chi connectivity index (χ1n) is 5.88. The van der Waals surface area contributed by atoms with E-state index in [0.717, 1.165) is 11.1 Å². The third-order valence-electron chi connectivity index (χ3n) is 3.51. The standard InChI is InChI=1S/C15H12F2O/c16-10-3-1-9(2-4-10)13-8-15(18)14-7-11(17)5-6-12(13)14/h1-7,13,15,18H,8H2/t13-,15-/m1/s1. The third-order valence-corrected chi connectivity index (χ3v) is 3.51. The summed E-state index contributed by atoms with van der Waals surface area (Å²) in [6, 6.07) is 10.7. The number of aliphatic hydroxyl groups is 1. The molecule has 1 aliphatic rings. The molecule has 92 valence electrons. The van der Waals surface area contributed by atoms with Crippen LogP contribution < -0.4 is 0 Å². The summed E-state index contributed by atoms with van der Waals surface area (Å²) in [5, 5.41) is 9.95. The van der Waals surface area contributed by atoms with Crippen molar-refractivity contribution in [3.8, 4) is 0 Å². The van der Waals surface area contributed by atoms with Gasteiger partial charge in [0.05, 0.1) is 6.10 Å². The Labute approximate surface area is 104 Å². The predicted octanol–water partition coefficient (Wildman–Crippen LogP) is 3.53. The van der Waals surface area contributed by atoms with Crippen LogP contribution in [0.2, 0.25) is 0 Å². The molecule has 0 heterocycles. The van der Waals surface area contributed by atoms with Crippen molar-refractivity contribution >= 4 is 0 Å². The van der Waals surface area contributed by atoms with E-state index in [4.69, 9.17) is 0 Å². The van der Waals surface area contributed by atoms with Crippen molar-refractivity contribution in [2.75, 3.05) is 0 Å². The van der Waals surface area contributed by atoms with Gasteiger partial charge in [0, 0.05) is 5.92 Å². The van der Waals surface area contributed by atoms with E-state index in [1.165, 1.54) is 24.3 Å². The molecule has 0 unspecified atom stereocenters. The molecule has 0 aromatic heterocycles. The monoisotopic (exact) mass is 246 g/mol. The third kappa shape index (κ3) is 1.81. The van der Waals surface area contributed by atoms with Gasteiger partial charge in [0.1, 0.15) is 11.6 Å². The largest absolute Gasteiger partial charge is 0.388 e. The SMILES string of the molecule is O[C@@H]1C[C@H](c2ccc(F)cc2)c2ccc(F)cc21. The molecule has 1 N–H and O–H groups in total. The van der Waals surface area contributed by atoms with Crippen LogP contribution in [0.4, 0.5) is 8.78 Å². The van der Waals surface area contributed by atoms with Gasteiger partial charge in [-0.25, -0.2) is 8.78 Å². The van der Waals surface area contributed by atoms with Crippen LogP contribution in [0, 0.1) is 11.6 Å². The van der Waals surface area contributed by atoms with Crippen LogP contribution in [0.15, 0.2) is 42.5 Å². The van der Waals surface area contributed by atoms with Crippen molar-refractivity contribution < 1.29 is 13.9 Å². The van der Waals surface area contributed by atoms with Gasteiger partial charge in [-0.1, -0.05) is 18.2 Å². The van der Waals surface area contributed by atoms with Crippen LogP contribution >= 0.6 is 0 Å². The lowest BCUT2D eigenvalue weighted by molar-refractivity contribution is 0.176. The molecule has 0 radical (unpaired) electrons. The summed E-state index contributed by atoms with van der Waals surface area (Å²) in [5.41, 5.74) is 2.51. The van der Waals surface area contributed by atoms with Crippen LogP contribution in [0.3, 0.4) is 0 Å². The van der Waals surface area contributed by atoms with E-state index in [2.05, 4.69) is 0 Å². The number of hydrogen-bond donors (Lipinski definition) is 1. The maximum Gasteiger partial charge on any atom is 0.123 e. The molecule has 0 amide bonds. The Morgan fingerprint density at radius 2 is 1.56 bits per heavy atom. The minimum atomic E-state index is -0.647. The summed E-state index contributed by atoms with van der Waals surface area (Å²) in [4.78, 5) is 0. The second kappa shape index (κ2) is 4.18. The number of halogens is 2. The van der Waals surface area contributed by atoms with Gasteiger partial charge in [0.2, 0.25) is 0 Å². The first-order chi connectivity index (χ1) is 8.65. The van der Waals surface area contributed by atoms with E-state index in [0.29, 0.717) is 12.0 Å². The second-order valence-corrected chi connectivity index (χ2v) is 4.63. The Morgan fingerprint density at radius 3 is 2.28 bits per heavy atom. The molecule has 0 fully saturated rings. The van der Waals surface area contributed by atoms with E-state index in [1.807, 2.05) is 0 Å². The number of hydrogen-bond acceptors (Lipinski definition) is 1. The first kappa shape index (κ1) is 11.4. The fourth-order valence-corrected chi connectivity index (χ4v) is 2.64. The molecular weight excluding hydrogens is 234 g/mol. The van der Waals surface area contributed by atoms with E-state index in [9.17, 15) is 13.9 Å². The number of benzene rings is 2. The highest BCUT2D eigenvalue weighted by Gasteiger charge is 2.30. The predicted molar refractivity (Wildman–Crippen MR) is 64.2 cm³/mol. The van der Waals surface area contributed by atoms with E-state index >= 15 is 0 Å². The molecule has 2 aromatic rings. The molecule has 1 aliphatic carbocycles. The minimum Gasteiger partial charge on any atom is -0.388 e. The van der Waals surface area contributed by atoms with Crippen molar-refractivity contribution in [1.82, 2.24) is 0 Å². The summed E-state index contributed by atoms with van der Waals surface area (Å²) < 4.78 is 26.1. The number of fused-ring (bicyclic) bond motifs is 1. The average Bonchev–Trinajstić information content (AvgIpc) is 2.68. The molecule has 18 heavy (non-hydrogen) atoms. The van der Waals surface area contributed by atoms with Gasteiger partial charge in [-0.05, 0) is 47.4 Å². The Bertz CT molecular complexity index is 578. The zero-order chi connectivity index (χ0) is 12.7. The lowest BCUT2D eigenvalue weighted by atomic mass is 9.93. The summed E-state index contributed by atoms with van der Waals surface area (Å²) in [6.07, 6.45) is -0.129. The molecule has 0 saturated heterocycles. The van der Waals surface area contributed by atoms with Crippen LogP contribution in [0.1, 0.15) is 35.1 Å². The lowest BCUT2D eigenvalue weighted by Crippen LogP contribution is -1.96. The van der Waals surface area contributed by atoms with Gasteiger partial charge in [0.25, 0.3) is 0 Å². The molecule has 0 bridgehead atoms. The molecule has 0 aliphatic heterocycles. The van der Waals surface area contributed by atoms with Crippen molar-refractivity contribution in [2.45, 2.75) is 18.4 Å². The van der Waals surface area contributed by atoms with E-state index < -0.39 is 6.10 Å². The normalized spacial score (nSPS) is 21.9. The van der Waals surface area contributed by atoms with Crippen LogP contribution in [0.25, 0.3) is 0 Å². The van der Waals surface area contributed by atoms with Gasteiger partial charge in [-0.3, -0.25) is 0 Å². The Balaban J connectivity index is 2.05. The van der Waals surface area contributed by atoms with Crippen LogP contribution in [-0.4, -0.2) is 5.11 Å². The van der Waals surface area contributed by atoms with E-state index in [-0.39, 0.29) is 17.6 Å². The molecule has 1 nitrogen and oxygen atoms in total. The molecular formula is C15H12F2O. The molecule has 2 atom stereocenters. The molecule has 3 rings (SSSR count). The summed E-state index contributed by atoms with van der Waals surface area (Å²) in [5.74, 6) is -0.611. The van der Waals surface area contributed by atoms with Crippen molar-refractivity contribution in [3.63, 3.8) is 0 Å². The van der Waals surface area contributed by atoms with Crippen LogP contribution in [0.5, 0.6) is 0 Å². The molecule has 3 heteroatoms. The molecule has 0 spiro atoms. The quantitative estimate of drug-likeness (QED) is 0.816. The number of aliphatic hydroxyl groups excluding tert-OH is 1. The first-order valence-corrected chi connectivity index (χ1v) is 5.88. The summed E-state index contributed by atoms with van der Waals surface area (Å²) in [7, 11) is 0. The van der Waals surface area contributed by atoms with Gasteiger partial charge < -0.3 is 5.11 Å². The van der Waals surface area contributed by atoms with Crippen molar-refractivity contribution in [2.24, 2.45) is 0 Å². The topological polar surface area (TPSA) is 20.2 Å². The van der Waals surface area contributed by atoms with Gasteiger partial charge in [-0.2, -0.15) is 0 Å². The summed E-state index contributed by atoms with van der Waals surface area (Å²) >= 11 is 0. The van der Waals surface area contributed by atoms with Gasteiger partial charge in [-0.15, -0.1) is 0 Å². The van der Waals surface area contributed by atoms with Gasteiger partial charge in [0.15, 0.2) is 0 Å². The van der Waals surface area contributed by atoms with E-state index in [1.54, 1.807) is 18.2 Å². The highest BCUT2D eigenvalue weighted by Crippen LogP contribution is 2.44. The summed E-state index contributed by atoms with van der Waals surface area (Å²) in [6.45, 7) is 0. The number of rotatable bonds is 1. The smallest absolute Gasteiger partial charge is 0.123 e. The Hall–Kier alpha value is -1.74. The highest BCUT2D eigenvalue weighted by molar-refractivity contribution is 5.43. The molecule has 2 aromatic carbocycles. The molecule has 0 saturated carbocycles. The maximum atomic E-state index is 13.2. The highest BCUT2D eigenvalue weighted by atomic mass is 19.1. The van der Waals surface area contributed by atoms with Crippen molar-refractivity contribution in [3.05, 3.63) is 70.8 Å². The fourth-order valence-electron chi connectivity index (χ4n) is 2.64. The fraction of sp³-hybridized carbons (Fsp3) is 0.200.